The molecule has 4 fully saturated rings. The second kappa shape index (κ2) is 6.92. The quantitative estimate of drug-likeness (QED) is 0.497. The Bertz CT molecular complexity index is 1140. The van der Waals surface area contributed by atoms with E-state index in [1.165, 1.54) is 74.1 Å². The first kappa shape index (κ1) is 20.6. The molecule has 2 unspecified atom stereocenters. The number of aromatic nitrogens is 1. The zero-order valence-electron chi connectivity index (χ0n) is 20.5. The lowest BCUT2D eigenvalue weighted by Crippen LogP contribution is -2.58. The maximum atomic E-state index is 7.49. The van der Waals surface area contributed by atoms with Crippen LogP contribution in [-0.4, -0.2) is 41.2 Å². The molecule has 2 saturated carbocycles. The topological polar surface area (TPSA) is 25.4 Å². The van der Waals surface area contributed by atoms with Crippen molar-refractivity contribution in [3.63, 3.8) is 0 Å². The van der Waals surface area contributed by atoms with Crippen molar-refractivity contribution in [1.82, 2.24) is 9.88 Å². The van der Waals surface area contributed by atoms with Gasteiger partial charge in [-0.3, -0.25) is 4.98 Å². The van der Waals surface area contributed by atoms with Crippen molar-refractivity contribution in [1.29, 1.82) is 0 Å². The molecule has 3 heteroatoms. The Morgan fingerprint density at radius 3 is 2.82 bits per heavy atom. The van der Waals surface area contributed by atoms with Crippen LogP contribution in [0.3, 0.4) is 0 Å². The molecule has 7 rings (SSSR count). The Morgan fingerprint density at radius 1 is 1.03 bits per heavy atom. The van der Waals surface area contributed by atoms with Gasteiger partial charge in [-0.05, 0) is 124 Å². The number of hydrogen-bond acceptors (Lipinski definition) is 3. The zero-order chi connectivity index (χ0) is 22.4. The van der Waals surface area contributed by atoms with Gasteiger partial charge in [0.05, 0.1) is 11.2 Å². The highest BCUT2D eigenvalue weighted by Crippen LogP contribution is 2.70. The van der Waals surface area contributed by atoms with Crippen LogP contribution in [0.2, 0.25) is 0 Å². The number of nitrogens with zero attached hydrogens (tertiary/aromatic N) is 2. The van der Waals surface area contributed by atoms with E-state index in [9.17, 15) is 0 Å². The van der Waals surface area contributed by atoms with Crippen molar-refractivity contribution in [2.75, 3.05) is 14.1 Å². The smallest absolute Gasteiger partial charge is 0.0933 e. The van der Waals surface area contributed by atoms with Crippen LogP contribution in [-0.2, 0) is 4.74 Å². The molecule has 7 atom stereocenters. The lowest BCUT2D eigenvalue weighted by molar-refractivity contribution is -0.198. The number of benzene rings is 1. The van der Waals surface area contributed by atoms with Gasteiger partial charge >= 0.3 is 0 Å². The molecule has 33 heavy (non-hydrogen) atoms. The van der Waals surface area contributed by atoms with E-state index in [2.05, 4.69) is 61.2 Å². The average Bonchev–Trinajstić information content (AvgIpc) is 3.33. The first-order chi connectivity index (χ1) is 15.9. The SMILES string of the molecule is CN(C)[C@@H]1CCC2CC3=CC[C@]4(C)[C@@H](c5ccc6ccncc6c5)CC[C@H]4[C@@]34CCC2(C1)O4. The first-order valence-electron chi connectivity index (χ1n) is 13.3. The van der Waals surface area contributed by atoms with E-state index in [-0.39, 0.29) is 16.6 Å². The summed E-state index contributed by atoms with van der Waals surface area (Å²) >= 11 is 0. The monoisotopic (exact) mass is 442 g/mol. The summed E-state index contributed by atoms with van der Waals surface area (Å²) in [7, 11) is 4.53. The largest absolute Gasteiger partial charge is 0.364 e. The van der Waals surface area contributed by atoms with Crippen LogP contribution in [0.4, 0.5) is 0 Å². The Labute approximate surface area is 198 Å². The standard InChI is InChI=1S/C30H38N2O/c1-28-12-10-24-17-23-6-7-25(32(2)3)18-29(23)13-14-30(24,33-29)27(28)9-8-26(28)21-5-4-20-11-15-31-19-22(20)16-21/h4-5,10-11,15-16,19,23,25-27H,6-9,12-14,17-18H2,1-3H3/t23?,25-,26-,27-,28-,29?,30-/m1/s1. The van der Waals surface area contributed by atoms with Crippen LogP contribution < -0.4 is 0 Å². The minimum Gasteiger partial charge on any atom is -0.364 e. The van der Waals surface area contributed by atoms with Crippen molar-refractivity contribution in [3.8, 4) is 0 Å². The number of pyridine rings is 1. The number of rotatable bonds is 2. The van der Waals surface area contributed by atoms with Crippen LogP contribution in [0.15, 0.2) is 48.3 Å². The minimum atomic E-state index is 0.0187. The van der Waals surface area contributed by atoms with Crippen molar-refractivity contribution in [3.05, 3.63) is 53.9 Å². The molecule has 5 aliphatic rings. The number of hydrogen-bond donors (Lipinski definition) is 0. The molecule has 0 amide bonds. The highest BCUT2D eigenvalue weighted by Gasteiger charge is 2.68. The van der Waals surface area contributed by atoms with E-state index in [4.69, 9.17) is 4.74 Å². The summed E-state index contributed by atoms with van der Waals surface area (Å²) in [6.45, 7) is 2.59. The third kappa shape index (κ3) is 2.73. The summed E-state index contributed by atoms with van der Waals surface area (Å²) in [5, 5.41) is 2.57. The molecule has 0 radical (unpaired) electrons. The van der Waals surface area contributed by atoms with Crippen LogP contribution in [0.1, 0.15) is 76.2 Å². The van der Waals surface area contributed by atoms with E-state index < -0.39 is 0 Å². The highest BCUT2D eigenvalue weighted by molar-refractivity contribution is 5.82. The van der Waals surface area contributed by atoms with Gasteiger partial charge in [-0.15, -0.1) is 0 Å². The van der Waals surface area contributed by atoms with Gasteiger partial charge in [-0.25, -0.2) is 0 Å². The fourth-order valence-corrected chi connectivity index (χ4v) is 9.23. The van der Waals surface area contributed by atoms with Crippen molar-refractivity contribution >= 4 is 10.8 Å². The molecule has 0 N–H and O–H groups in total. The van der Waals surface area contributed by atoms with Gasteiger partial charge in [-0.1, -0.05) is 25.1 Å². The van der Waals surface area contributed by atoms with E-state index in [0.717, 1.165) is 5.92 Å². The highest BCUT2D eigenvalue weighted by atomic mass is 16.5. The molecule has 3 heterocycles. The van der Waals surface area contributed by atoms with Gasteiger partial charge in [0.15, 0.2) is 0 Å². The molecule has 1 aromatic heterocycles. The van der Waals surface area contributed by atoms with Crippen LogP contribution >= 0.6 is 0 Å². The number of allylic oxidation sites excluding steroid dienone is 1. The fourth-order valence-electron chi connectivity index (χ4n) is 9.23. The molecule has 2 aliphatic heterocycles. The second-order valence-corrected chi connectivity index (χ2v) is 12.5. The summed E-state index contributed by atoms with van der Waals surface area (Å²) in [6.07, 6.45) is 18.1. The van der Waals surface area contributed by atoms with Crippen LogP contribution in [0.5, 0.6) is 0 Å². The predicted molar refractivity (Wildman–Crippen MR) is 133 cm³/mol. The lowest BCUT2D eigenvalue weighted by atomic mass is 9.57. The van der Waals surface area contributed by atoms with E-state index in [1.807, 2.05) is 12.4 Å². The molecule has 2 saturated heterocycles. The molecule has 2 spiro atoms. The summed E-state index contributed by atoms with van der Waals surface area (Å²) in [5.41, 5.74) is 3.64. The molecule has 2 aromatic rings. The maximum absolute atomic E-state index is 7.49. The normalized spacial score (nSPS) is 43.8. The molecule has 3 aliphatic carbocycles. The van der Waals surface area contributed by atoms with Gasteiger partial charge in [-0.2, -0.15) is 0 Å². The summed E-state index contributed by atoms with van der Waals surface area (Å²) < 4.78 is 7.49. The van der Waals surface area contributed by atoms with Crippen molar-refractivity contribution in [2.24, 2.45) is 17.3 Å². The maximum Gasteiger partial charge on any atom is 0.0933 e. The first-order valence-corrected chi connectivity index (χ1v) is 13.3. The Balaban J connectivity index is 1.25. The zero-order valence-corrected chi connectivity index (χ0v) is 20.5. The predicted octanol–water partition coefficient (Wildman–Crippen LogP) is 6.49. The van der Waals surface area contributed by atoms with Gasteiger partial charge in [0.25, 0.3) is 0 Å². The van der Waals surface area contributed by atoms with Crippen molar-refractivity contribution < 1.29 is 4.74 Å². The van der Waals surface area contributed by atoms with Crippen molar-refractivity contribution in [2.45, 2.75) is 87.9 Å². The summed E-state index contributed by atoms with van der Waals surface area (Å²) in [6, 6.07) is 9.94. The van der Waals surface area contributed by atoms with E-state index in [0.29, 0.717) is 17.9 Å². The average molecular weight is 443 g/mol. The third-order valence-electron chi connectivity index (χ3n) is 11.0. The molecule has 2 bridgehead atoms. The van der Waals surface area contributed by atoms with Gasteiger partial charge < -0.3 is 9.64 Å². The van der Waals surface area contributed by atoms with E-state index >= 15 is 0 Å². The minimum absolute atomic E-state index is 0.0187. The summed E-state index contributed by atoms with van der Waals surface area (Å²) in [4.78, 5) is 6.84. The van der Waals surface area contributed by atoms with Crippen LogP contribution in [0, 0.1) is 17.3 Å². The van der Waals surface area contributed by atoms with Gasteiger partial charge in [0, 0.05) is 23.8 Å². The molecular formula is C30H38N2O. The Hall–Kier alpha value is -1.71. The number of fused-ring (bicyclic) bond motifs is 2. The molecule has 3 nitrogen and oxygen atoms in total. The summed E-state index contributed by atoms with van der Waals surface area (Å²) in [5.74, 6) is 2.00. The fraction of sp³-hybridized carbons (Fsp3) is 0.633. The molecular weight excluding hydrogens is 404 g/mol. The lowest BCUT2D eigenvalue weighted by Gasteiger charge is -2.57. The van der Waals surface area contributed by atoms with Gasteiger partial charge in [0.2, 0.25) is 0 Å². The number of ether oxygens (including phenoxy) is 1. The Kier molecular flexibility index (Phi) is 4.33. The van der Waals surface area contributed by atoms with Gasteiger partial charge in [0.1, 0.15) is 0 Å². The third-order valence-corrected chi connectivity index (χ3v) is 11.0. The van der Waals surface area contributed by atoms with Crippen LogP contribution in [0.25, 0.3) is 10.8 Å². The molecule has 174 valence electrons. The Morgan fingerprint density at radius 2 is 1.94 bits per heavy atom. The molecule has 1 aromatic carbocycles. The second-order valence-electron chi connectivity index (χ2n) is 12.5. The van der Waals surface area contributed by atoms with E-state index in [1.54, 1.807) is 5.57 Å².